The van der Waals surface area contributed by atoms with Gasteiger partial charge in [0.2, 0.25) is 0 Å². The molecule has 4 nitrogen and oxygen atoms in total. The van der Waals surface area contributed by atoms with Crippen LogP contribution in [-0.4, -0.2) is 30.8 Å². The van der Waals surface area contributed by atoms with Gasteiger partial charge in [-0.2, -0.15) is 0 Å². The Kier molecular flexibility index (Phi) is 3.65. The number of anilines is 2. The minimum Gasteiger partial charge on any atom is -0.399 e. The highest BCUT2D eigenvalue weighted by molar-refractivity contribution is 5.96. The molecule has 0 unspecified atom stereocenters. The molecule has 1 aromatic rings. The second-order valence-electron chi connectivity index (χ2n) is 3.47. The molecule has 1 rings (SSSR count). The lowest BCUT2D eigenvalue weighted by atomic mass is 10.1. The van der Waals surface area contributed by atoms with Crippen LogP contribution in [0.2, 0.25) is 0 Å². The molecule has 6 heteroatoms. The summed E-state index contributed by atoms with van der Waals surface area (Å²) < 4.78 is 24.2. The lowest BCUT2D eigenvalue weighted by molar-refractivity contribution is 0.0620. The van der Waals surface area contributed by atoms with Crippen LogP contribution >= 0.6 is 0 Å². The molecule has 0 heterocycles. The number of alkyl halides is 2. The van der Waals surface area contributed by atoms with Crippen LogP contribution in [0.3, 0.4) is 0 Å². The molecule has 0 saturated heterocycles. The van der Waals surface area contributed by atoms with Crippen molar-refractivity contribution in [3.63, 3.8) is 0 Å². The zero-order valence-electron chi connectivity index (χ0n) is 8.78. The Balaban J connectivity index is 2.87. The van der Waals surface area contributed by atoms with Crippen LogP contribution in [0.15, 0.2) is 18.2 Å². The molecule has 0 fully saturated rings. The largest absolute Gasteiger partial charge is 0.399 e. The Morgan fingerprint density at radius 2 is 1.81 bits per heavy atom. The maximum Gasteiger partial charge on any atom is 0.255 e. The summed E-state index contributed by atoms with van der Waals surface area (Å²) in [5, 5.41) is 0. The average Bonchev–Trinajstić information content (AvgIpc) is 2.13. The summed E-state index contributed by atoms with van der Waals surface area (Å²) in [4.78, 5) is 12.6. The number of benzene rings is 1. The number of hydrogen-bond acceptors (Lipinski definition) is 3. The van der Waals surface area contributed by atoms with E-state index in [-0.39, 0.29) is 5.56 Å². The number of nitrogens with zero attached hydrogens (tertiary/aromatic N) is 1. The van der Waals surface area contributed by atoms with Crippen LogP contribution < -0.4 is 11.5 Å². The van der Waals surface area contributed by atoms with Crippen molar-refractivity contribution in [2.75, 3.05) is 25.1 Å². The van der Waals surface area contributed by atoms with Gasteiger partial charge in [0, 0.05) is 24.0 Å². The summed E-state index contributed by atoms with van der Waals surface area (Å²) in [6.07, 6.45) is -2.56. The molecule has 0 bridgehead atoms. The maximum atomic E-state index is 12.1. The van der Waals surface area contributed by atoms with Crippen molar-refractivity contribution in [1.29, 1.82) is 0 Å². The fourth-order valence-corrected chi connectivity index (χ4v) is 1.31. The van der Waals surface area contributed by atoms with E-state index >= 15 is 0 Å². The van der Waals surface area contributed by atoms with Gasteiger partial charge in [0.25, 0.3) is 12.3 Å². The zero-order valence-corrected chi connectivity index (χ0v) is 8.78. The van der Waals surface area contributed by atoms with E-state index in [2.05, 4.69) is 0 Å². The number of rotatable bonds is 3. The Morgan fingerprint density at radius 1 is 1.31 bits per heavy atom. The third-order valence-corrected chi connectivity index (χ3v) is 1.98. The van der Waals surface area contributed by atoms with Gasteiger partial charge < -0.3 is 16.4 Å². The van der Waals surface area contributed by atoms with Gasteiger partial charge in [0.15, 0.2) is 0 Å². The third kappa shape index (κ3) is 3.08. The van der Waals surface area contributed by atoms with E-state index in [1.807, 2.05) is 0 Å². The summed E-state index contributed by atoms with van der Waals surface area (Å²) >= 11 is 0. The molecule has 0 aromatic heterocycles. The summed E-state index contributed by atoms with van der Waals surface area (Å²) in [5.41, 5.74) is 11.9. The SMILES string of the molecule is CN(CC(F)F)C(=O)c1cc(N)cc(N)c1. The van der Waals surface area contributed by atoms with Gasteiger partial charge in [-0.1, -0.05) is 0 Å². The second kappa shape index (κ2) is 4.78. The Morgan fingerprint density at radius 3 is 2.25 bits per heavy atom. The van der Waals surface area contributed by atoms with Gasteiger partial charge in [-0.05, 0) is 18.2 Å². The number of halogens is 2. The van der Waals surface area contributed by atoms with Crippen LogP contribution in [-0.2, 0) is 0 Å². The predicted octanol–water partition coefficient (Wildman–Crippen LogP) is 1.19. The smallest absolute Gasteiger partial charge is 0.255 e. The lowest BCUT2D eigenvalue weighted by Gasteiger charge is -2.16. The van der Waals surface area contributed by atoms with E-state index in [0.29, 0.717) is 11.4 Å². The van der Waals surface area contributed by atoms with Gasteiger partial charge in [0.05, 0.1) is 6.54 Å². The van der Waals surface area contributed by atoms with Crippen molar-refractivity contribution >= 4 is 17.3 Å². The molecule has 0 atom stereocenters. The van der Waals surface area contributed by atoms with E-state index in [0.717, 1.165) is 4.90 Å². The molecule has 0 spiro atoms. The number of carbonyl (C=O) groups excluding carboxylic acids is 1. The van der Waals surface area contributed by atoms with Gasteiger partial charge in [-0.15, -0.1) is 0 Å². The molecule has 16 heavy (non-hydrogen) atoms. The molecule has 88 valence electrons. The van der Waals surface area contributed by atoms with Crippen molar-refractivity contribution < 1.29 is 13.6 Å². The first-order valence-electron chi connectivity index (χ1n) is 4.60. The van der Waals surface area contributed by atoms with Crippen molar-refractivity contribution in [1.82, 2.24) is 4.90 Å². The monoisotopic (exact) mass is 229 g/mol. The summed E-state index contributed by atoms with van der Waals surface area (Å²) in [7, 11) is 1.30. The van der Waals surface area contributed by atoms with Crippen LogP contribution in [0.4, 0.5) is 20.2 Å². The van der Waals surface area contributed by atoms with E-state index in [9.17, 15) is 13.6 Å². The van der Waals surface area contributed by atoms with E-state index in [4.69, 9.17) is 11.5 Å². The van der Waals surface area contributed by atoms with Gasteiger partial charge >= 0.3 is 0 Å². The number of carbonyl (C=O) groups is 1. The number of amides is 1. The maximum absolute atomic E-state index is 12.1. The van der Waals surface area contributed by atoms with Gasteiger partial charge in [-0.3, -0.25) is 4.79 Å². The first-order chi connectivity index (χ1) is 7.40. The molecule has 0 radical (unpaired) electrons. The first kappa shape index (κ1) is 12.2. The normalized spacial score (nSPS) is 10.5. The molecule has 0 aliphatic rings. The van der Waals surface area contributed by atoms with E-state index in [1.165, 1.54) is 25.2 Å². The molecule has 0 aliphatic carbocycles. The van der Waals surface area contributed by atoms with E-state index < -0.39 is 18.9 Å². The molecule has 4 N–H and O–H groups in total. The summed E-state index contributed by atoms with van der Waals surface area (Å²) in [6.45, 7) is -0.618. The van der Waals surface area contributed by atoms with Crippen molar-refractivity contribution in [3.05, 3.63) is 23.8 Å². The fourth-order valence-electron chi connectivity index (χ4n) is 1.31. The topological polar surface area (TPSA) is 72.3 Å². The quantitative estimate of drug-likeness (QED) is 0.764. The Hall–Kier alpha value is -1.85. The van der Waals surface area contributed by atoms with Crippen molar-refractivity contribution in [3.8, 4) is 0 Å². The third-order valence-electron chi connectivity index (χ3n) is 1.98. The molecule has 0 aliphatic heterocycles. The van der Waals surface area contributed by atoms with Crippen LogP contribution in [0.1, 0.15) is 10.4 Å². The average molecular weight is 229 g/mol. The fraction of sp³-hybridized carbons (Fsp3) is 0.300. The molecular weight excluding hydrogens is 216 g/mol. The van der Waals surface area contributed by atoms with Crippen LogP contribution in [0.5, 0.6) is 0 Å². The van der Waals surface area contributed by atoms with Crippen LogP contribution in [0, 0.1) is 0 Å². The summed E-state index contributed by atoms with van der Waals surface area (Å²) in [6, 6.07) is 4.30. The minimum absolute atomic E-state index is 0.209. The Labute approximate surface area is 91.8 Å². The van der Waals surface area contributed by atoms with Crippen molar-refractivity contribution in [2.45, 2.75) is 6.43 Å². The van der Waals surface area contributed by atoms with Crippen molar-refractivity contribution in [2.24, 2.45) is 0 Å². The summed E-state index contributed by atoms with van der Waals surface area (Å²) in [5.74, 6) is -0.528. The lowest BCUT2D eigenvalue weighted by Crippen LogP contribution is -2.31. The number of nitrogen functional groups attached to an aromatic ring is 2. The number of nitrogens with two attached hydrogens (primary N) is 2. The standard InChI is InChI=1S/C10H13F2N3O/c1-15(5-9(11)12)10(16)6-2-7(13)4-8(14)3-6/h2-4,9H,5,13-14H2,1H3. The molecular formula is C10H13F2N3O. The highest BCUT2D eigenvalue weighted by Gasteiger charge is 2.16. The highest BCUT2D eigenvalue weighted by atomic mass is 19.3. The zero-order chi connectivity index (χ0) is 12.3. The number of hydrogen-bond donors (Lipinski definition) is 2. The molecule has 0 saturated carbocycles. The molecule has 1 aromatic carbocycles. The first-order valence-corrected chi connectivity index (χ1v) is 4.60. The second-order valence-corrected chi connectivity index (χ2v) is 3.47. The molecule has 1 amide bonds. The minimum atomic E-state index is -2.56. The van der Waals surface area contributed by atoms with E-state index in [1.54, 1.807) is 0 Å². The highest BCUT2D eigenvalue weighted by Crippen LogP contribution is 2.15. The van der Waals surface area contributed by atoms with Crippen LogP contribution in [0.25, 0.3) is 0 Å². The van der Waals surface area contributed by atoms with Gasteiger partial charge in [-0.25, -0.2) is 8.78 Å². The predicted molar refractivity (Wildman–Crippen MR) is 58.2 cm³/mol. The van der Waals surface area contributed by atoms with Gasteiger partial charge in [0.1, 0.15) is 0 Å². The Bertz CT molecular complexity index is 375.